The molecule has 2 aliphatic rings. The van der Waals surface area contributed by atoms with Crippen LogP contribution in [0.15, 0.2) is 18.5 Å². The highest BCUT2D eigenvalue weighted by Gasteiger charge is 2.55. The van der Waals surface area contributed by atoms with Gasteiger partial charge in [0.1, 0.15) is 5.52 Å². The zero-order valence-corrected chi connectivity index (χ0v) is 10.4. The van der Waals surface area contributed by atoms with Crippen molar-refractivity contribution in [2.75, 3.05) is 18.0 Å². The van der Waals surface area contributed by atoms with Crippen LogP contribution in [0.5, 0.6) is 0 Å². The Balaban J connectivity index is 1.79. The molecule has 1 atom stereocenters. The Morgan fingerprint density at radius 2 is 2.28 bits per heavy atom. The van der Waals surface area contributed by atoms with Crippen molar-refractivity contribution in [1.29, 1.82) is 0 Å². The molecule has 1 saturated heterocycles. The second-order valence-electron chi connectivity index (χ2n) is 5.63. The minimum atomic E-state index is -0.205. The highest BCUT2D eigenvalue weighted by Crippen LogP contribution is 2.53. The molecule has 4 rings (SSSR count). The van der Waals surface area contributed by atoms with Crippen molar-refractivity contribution in [2.24, 2.45) is 5.41 Å². The fourth-order valence-corrected chi connectivity index (χ4v) is 3.04. The topological polar surface area (TPSA) is 53.7 Å². The summed E-state index contributed by atoms with van der Waals surface area (Å²) in [6.45, 7) is 3.60. The number of nitrogens with zero attached hydrogens (tertiary/aromatic N) is 4. The maximum Gasteiger partial charge on any atom is 0.154 e. The maximum atomic E-state index is 10.1. The molecule has 18 heavy (non-hydrogen) atoms. The Bertz CT molecular complexity index is 616. The number of aryl methyl sites for hydroxylation is 1. The fourth-order valence-electron chi connectivity index (χ4n) is 3.04. The van der Waals surface area contributed by atoms with Gasteiger partial charge < -0.3 is 10.0 Å². The van der Waals surface area contributed by atoms with Crippen LogP contribution in [0.3, 0.4) is 0 Å². The number of fused-ring (bicyclic) bond motifs is 1. The quantitative estimate of drug-likeness (QED) is 0.813. The molecule has 0 aromatic carbocycles. The van der Waals surface area contributed by atoms with E-state index in [4.69, 9.17) is 0 Å². The number of aliphatic hydroxyl groups excluding tert-OH is 1. The van der Waals surface area contributed by atoms with Gasteiger partial charge in [-0.2, -0.15) is 5.10 Å². The summed E-state index contributed by atoms with van der Waals surface area (Å²) in [6.07, 6.45) is 5.73. The molecule has 1 aliphatic heterocycles. The number of β-amino-alcohol motifs (C(OH)–C–C–N with tert-alkyl or cyclic N) is 1. The summed E-state index contributed by atoms with van der Waals surface area (Å²) in [5, 5.41) is 14.5. The zero-order valence-electron chi connectivity index (χ0n) is 10.4. The van der Waals surface area contributed by atoms with Crippen LogP contribution in [0.25, 0.3) is 5.52 Å². The van der Waals surface area contributed by atoms with Gasteiger partial charge >= 0.3 is 0 Å². The molecule has 1 aliphatic carbocycles. The minimum Gasteiger partial charge on any atom is -0.391 e. The SMILES string of the molecule is Cc1cc2c(N3CC(O)C4(CC4)C3)nccn2n1. The normalized spacial score (nSPS) is 25.2. The van der Waals surface area contributed by atoms with Crippen LogP contribution in [0, 0.1) is 12.3 Å². The van der Waals surface area contributed by atoms with E-state index in [1.165, 1.54) is 0 Å². The third-order valence-electron chi connectivity index (χ3n) is 4.29. The van der Waals surface area contributed by atoms with Gasteiger partial charge in [0.05, 0.1) is 11.8 Å². The van der Waals surface area contributed by atoms with Crippen molar-refractivity contribution < 1.29 is 5.11 Å². The Labute approximate surface area is 105 Å². The van der Waals surface area contributed by atoms with Gasteiger partial charge in [-0.1, -0.05) is 0 Å². The predicted octanol–water partition coefficient (Wildman–Crippen LogP) is 0.999. The summed E-state index contributed by atoms with van der Waals surface area (Å²) in [7, 11) is 0. The van der Waals surface area contributed by atoms with Crippen LogP contribution in [-0.4, -0.2) is 38.9 Å². The van der Waals surface area contributed by atoms with E-state index < -0.39 is 0 Å². The number of rotatable bonds is 1. The van der Waals surface area contributed by atoms with E-state index in [9.17, 15) is 5.11 Å². The molecule has 1 unspecified atom stereocenters. The van der Waals surface area contributed by atoms with Crippen molar-refractivity contribution >= 4 is 11.3 Å². The Morgan fingerprint density at radius 1 is 1.44 bits per heavy atom. The van der Waals surface area contributed by atoms with Crippen LogP contribution in [0.1, 0.15) is 18.5 Å². The maximum absolute atomic E-state index is 10.1. The molecule has 2 fully saturated rings. The molecule has 94 valence electrons. The molecule has 3 heterocycles. The van der Waals surface area contributed by atoms with Gasteiger partial charge in [-0.3, -0.25) is 0 Å². The summed E-state index contributed by atoms with van der Waals surface area (Å²) in [5.41, 5.74) is 2.17. The predicted molar refractivity (Wildman–Crippen MR) is 67.6 cm³/mol. The van der Waals surface area contributed by atoms with E-state index in [0.29, 0.717) is 6.54 Å². The molecule has 5 heteroatoms. The molecule has 0 bridgehead atoms. The van der Waals surface area contributed by atoms with Gasteiger partial charge in [0.15, 0.2) is 5.82 Å². The highest BCUT2D eigenvalue weighted by molar-refractivity contribution is 5.69. The van der Waals surface area contributed by atoms with Gasteiger partial charge in [0.2, 0.25) is 0 Å². The fraction of sp³-hybridized carbons (Fsp3) is 0.538. The molecular formula is C13H16N4O. The molecular weight excluding hydrogens is 228 g/mol. The third kappa shape index (κ3) is 1.31. The van der Waals surface area contributed by atoms with Crippen LogP contribution >= 0.6 is 0 Å². The Kier molecular flexibility index (Phi) is 1.85. The number of anilines is 1. The van der Waals surface area contributed by atoms with Crippen molar-refractivity contribution in [1.82, 2.24) is 14.6 Å². The first kappa shape index (κ1) is 10.3. The summed E-state index contributed by atoms with van der Waals surface area (Å²) in [6, 6.07) is 2.05. The first-order chi connectivity index (χ1) is 8.68. The smallest absolute Gasteiger partial charge is 0.154 e. The molecule has 0 amide bonds. The lowest BCUT2D eigenvalue weighted by molar-refractivity contribution is 0.136. The number of hydrogen-bond donors (Lipinski definition) is 1. The molecule has 2 aromatic rings. The second kappa shape index (κ2) is 3.23. The van der Waals surface area contributed by atoms with Gasteiger partial charge in [-0.25, -0.2) is 9.50 Å². The summed E-state index contributed by atoms with van der Waals surface area (Å²) >= 11 is 0. The van der Waals surface area contributed by atoms with Crippen LogP contribution < -0.4 is 4.90 Å². The minimum absolute atomic E-state index is 0.156. The number of hydrogen-bond acceptors (Lipinski definition) is 4. The first-order valence-electron chi connectivity index (χ1n) is 6.42. The lowest BCUT2D eigenvalue weighted by Crippen LogP contribution is -2.22. The summed E-state index contributed by atoms with van der Waals surface area (Å²) in [4.78, 5) is 6.69. The average Bonchev–Trinajstić information content (AvgIpc) is 2.90. The molecule has 1 N–H and O–H groups in total. The lowest BCUT2D eigenvalue weighted by atomic mass is 10.0. The van der Waals surface area contributed by atoms with E-state index >= 15 is 0 Å². The lowest BCUT2D eigenvalue weighted by Gasteiger charge is -2.17. The molecule has 1 saturated carbocycles. The molecule has 1 spiro atoms. The molecule has 5 nitrogen and oxygen atoms in total. The van der Waals surface area contributed by atoms with Crippen LogP contribution in [0.4, 0.5) is 5.82 Å². The van der Waals surface area contributed by atoms with Crippen molar-refractivity contribution in [3.8, 4) is 0 Å². The number of aromatic nitrogens is 3. The molecule has 2 aromatic heterocycles. The van der Waals surface area contributed by atoms with Gasteiger partial charge in [-0.05, 0) is 25.8 Å². The van der Waals surface area contributed by atoms with E-state index in [1.54, 1.807) is 6.20 Å². The molecule has 0 radical (unpaired) electrons. The van der Waals surface area contributed by atoms with E-state index in [1.807, 2.05) is 23.7 Å². The Hall–Kier alpha value is -1.62. The van der Waals surface area contributed by atoms with Crippen molar-refractivity contribution in [2.45, 2.75) is 25.9 Å². The highest BCUT2D eigenvalue weighted by atomic mass is 16.3. The standard InChI is InChI=1S/C13H16N4O/c1-9-6-10-12(14-4-5-17(10)15-9)16-7-11(18)13(8-16)2-3-13/h4-6,11,18H,2-3,7-8H2,1H3. The van der Waals surface area contributed by atoms with Crippen molar-refractivity contribution in [3.05, 3.63) is 24.2 Å². The van der Waals surface area contributed by atoms with E-state index in [0.717, 1.165) is 36.4 Å². The first-order valence-corrected chi connectivity index (χ1v) is 6.42. The van der Waals surface area contributed by atoms with Gasteiger partial charge in [-0.15, -0.1) is 0 Å². The summed E-state index contributed by atoms with van der Waals surface area (Å²) < 4.78 is 1.86. The summed E-state index contributed by atoms with van der Waals surface area (Å²) in [5.74, 6) is 0.945. The van der Waals surface area contributed by atoms with E-state index in [2.05, 4.69) is 15.0 Å². The van der Waals surface area contributed by atoms with E-state index in [-0.39, 0.29) is 11.5 Å². The monoisotopic (exact) mass is 244 g/mol. The zero-order chi connectivity index (χ0) is 12.3. The van der Waals surface area contributed by atoms with Crippen molar-refractivity contribution in [3.63, 3.8) is 0 Å². The largest absolute Gasteiger partial charge is 0.391 e. The third-order valence-corrected chi connectivity index (χ3v) is 4.29. The van der Waals surface area contributed by atoms with Crippen LogP contribution in [0.2, 0.25) is 0 Å². The average molecular weight is 244 g/mol. The number of aliphatic hydroxyl groups is 1. The van der Waals surface area contributed by atoms with Crippen LogP contribution in [-0.2, 0) is 0 Å². The van der Waals surface area contributed by atoms with Gasteiger partial charge in [0.25, 0.3) is 0 Å². The Morgan fingerprint density at radius 3 is 3.00 bits per heavy atom. The second-order valence-corrected chi connectivity index (χ2v) is 5.63. The van der Waals surface area contributed by atoms with Gasteiger partial charge in [0, 0.05) is 30.9 Å².